The van der Waals surface area contributed by atoms with E-state index in [1.54, 1.807) is 12.1 Å². The fourth-order valence-electron chi connectivity index (χ4n) is 2.54. The predicted molar refractivity (Wildman–Crippen MR) is 74.7 cm³/mol. The molecule has 0 spiro atoms. The Morgan fingerprint density at radius 1 is 1.39 bits per heavy atom. The molecule has 0 radical (unpaired) electrons. The van der Waals surface area contributed by atoms with Gasteiger partial charge in [-0.1, -0.05) is 18.5 Å². The second-order valence-electron chi connectivity index (χ2n) is 5.38. The number of anilines is 1. The van der Waals surface area contributed by atoms with E-state index in [-0.39, 0.29) is 10.8 Å². The SMILES string of the molecule is CC1CN(C)C(C)CC1Nc1ccc(F)c(Cl)c1. The van der Waals surface area contributed by atoms with Crippen LogP contribution in [0.4, 0.5) is 10.1 Å². The summed E-state index contributed by atoms with van der Waals surface area (Å²) in [7, 11) is 2.16. The van der Waals surface area contributed by atoms with Gasteiger partial charge in [-0.3, -0.25) is 0 Å². The van der Waals surface area contributed by atoms with Crippen LogP contribution in [0.15, 0.2) is 18.2 Å². The average molecular weight is 271 g/mol. The highest BCUT2D eigenvalue weighted by atomic mass is 35.5. The van der Waals surface area contributed by atoms with Gasteiger partial charge in [0.05, 0.1) is 5.02 Å². The second-order valence-corrected chi connectivity index (χ2v) is 5.79. The summed E-state index contributed by atoms with van der Waals surface area (Å²) in [5, 5.41) is 3.65. The Kier molecular flexibility index (Phi) is 4.13. The minimum atomic E-state index is -0.369. The van der Waals surface area contributed by atoms with Gasteiger partial charge in [-0.05, 0) is 44.5 Å². The quantitative estimate of drug-likeness (QED) is 0.883. The standard InChI is InChI=1S/C14H20ClFN2/c1-9-8-18(3)10(2)6-14(9)17-11-4-5-13(16)12(15)7-11/h4-5,7,9-10,14,17H,6,8H2,1-3H3. The smallest absolute Gasteiger partial charge is 0.141 e. The highest BCUT2D eigenvalue weighted by Gasteiger charge is 2.28. The van der Waals surface area contributed by atoms with E-state index in [2.05, 4.69) is 31.1 Å². The van der Waals surface area contributed by atoms with Crippen LogP contribution in [-0.4, -0.2) is 30.6 Å². The lowest BCUT2D eigenvalue weighted by Crippen LogP contribution is -2.48. The van der Waals surface area contributed by atoms with E-state index >= 15 is 0 Å². The molecule has 0 saturated carbocycles. The summed E-state index contributed by atoms with van der Waals surface area (Å²) in [6, 6.07) is 5.80. The van der Waals surface area contributed by atoms with Crippen molar-refractivity contribution in [1.82, 2.24) is 4.90 Å². The number of likely N-dealkylation sites (tertiary alicyclic amines) is 1. The largest absolute Gasteiger partial charge is 0.382 e. The van der Waals surface area contributed by atoms with Crippen LogP contribution in [0.3, 0.4) is 0 Å². The summed E-state index contributed by atoms with van der Waals surface area (Å²) in [4.78, 5) is 2.38. The predicted octanol–water partition coefficient (Wildman–Crippen LogP) is 3.62. The lowest BCUT2D eigenvalue weighted by Gasteiger charge is -2.40. The molecule has 1 heterocycles. The zero-order chi connectivity index (χ0) is 13.3. The topological polar surface area (TPSA) is 15.3 Å². The molecule has 2 rings (SSSR count). The van der Waals surface area contributed by atoms with Crippen LogP contribution in [0.25, 0.3) is 0 Å². The van der Waals surface area contributed by atoms with Crippen LogP contribution in [-0.2, 0) is 0 Å². The number of nitrogens with zero attached hydrogens (tertiary/aromatic N) is 1. The van der Waals surface area contributed by atoms with Crippen molar-refractivity contribution in [1.29, 1.82) is 0 Å². The van der Waals surface area contributed by atoms with Gasteiger partial charge in [0.2, 0.25) is 0 Å². The first-order valence-corrected chi connectivity index (χ1v) is 6.77. The number of nitrogens with one attached hydrogen (secondary N) is 1. The molecule has 1 saturated heterocycles. The van der Waals surface area contributed by atoms with E-state index in [1.165, 1.54) is 6.07 Å². The van der Waals surface area contributed by atoms with Gasteiger partial charge in [0.15, 0.2) is 0 Å². The summed E-state index contributed by atoms with van der Waals surface area (Å²) in [6.45, 7) is 5.55. The first-order chi connectivity index (χ1) is 8.47. The normalized spacial score (nSPS) is 29.3. The third-order valence-electron chi connectivity index (χ3n) is 3.88. The molecular formula is C14H20ClFN2. The van der Waals surface area contributed by atoms with Crippen molar-refractivity contribution in [2.75, 3.05) is 18.9 Å². The molecule has 1 aliphatic rings. The lowest BCUT2D eigenvalue weighted by atomic mass is 9.89. The number of halogens is 2. The summed E-state index contributed by atoms with van der Waals surface area (Å²) in [6.07, 6.45) is 1.09. The Hall–Kier alpha value is -0.800. The Morgan fingerprint density at radius 3 is 2.78 bits per heavy atom. The summed E-state index contributed by atoms with van der Waals surface area (Å²) >= 11 is 5.80. The van der Waals surface area contributed by atoms with E-state index in [1.807, 2.05) is 0 Å². The molecule has 1 aromatic rings. The molecule has 18 heavy (non-hydrogen) atoms. The van der Waals surface area contributed by atoms with Gasteiger partial charge in [0, 0.05) is 24.3 Å². The lowest BCUT2D eigenvalue weighted by molar-refractivity contribution is 0.145. The third-order valence-corrected chi connectivity index (χ3v) is 4.17. The minimum absolute atomic E-state index is 0.175. The molecule has 1 N–H and O–H groups in total. The molecule has 0 bridgehead atoms. The third kappa shape index (κ3) is 2.96. The number of piperidine rings is 1. The van der Waals surface area contributed by atoms with Crippen molar-refractivity contribution >= 4 is 17.3 Å². The van der Waals surface area contributed by atoms with Gasteiger partial charge < -0.3 is 10.2 Å². The van der Waals surface area contributed by atoms with Crippen molar-refractivity contribution in [3.8, 4) is 0 Å². The first kappa shape index (κ1) is 13.6. The second kappa shape index (κ2) is 5.45. The summed E-state index contributed by atoms with van der Waals surface area (Å²) in [5.74, 6) is 0.196. The molecule has 2 nitrogen and oxygen atoms in total. The molecule has 3 unspecified atom stereocenters. The molecule has 100 valence electrons. The van der Waals surface area contributed by atoms with Crippen LogP contribution in [0.2, 0.25) is 5.02 Å². The fraction of sp³-hybridized carbons (Fsp3) is 0.571. The minimum Gasteiger partial charge on any atom is -0.382 e. The van der Waals surface area contributed by atoms with E-state index < -0.39 is 0 Å². The van der Waals surface area contributed by atoms with Gasteiger partial charge >= 0.3 is 0 Å². The number of hydrogen-bond donors (Lipinski definition) is 1. The van der Waals surface area contributed by atoms with Crippen LogP contribution in [0.1, 0.15) is 20.3 Å². The molecule has 1 fully saturated rings. The molecule has 0 aromatic heterocycles. The number of hydrogen-bond acceptors (Lipinski definition) is 2. The molecule has 0 aliphatic carbocycles. The number of rotatable bonds is 2. The van der Waals surface area contributed by atoms with Crippen LogP contribution in [0, 0.1) is 11.7 Å². The van der Waals surface area contributed by atoms with Gasteiger partial charge in [-0.15, -0.1) is 0 Å². The van der Waals surface area contributed by atoms with E-state index in [9.17, 15) is 4.39 Å². The van der Waals surface area contributed by atoms with E-state index in [0.717, 1.165) is 18.7 Å². The van der Waals surface area contributed by atoms with E-state index in [4.69, 9.17) is 11.6 Å². The monoisotopic (exact) mass is 270 g/mol. The van der Waals surface area contributed by atoms with Crippen LogP contribution < -0.4 is 5.32 Å². The Balaban J connectivity index is 2.06. The van der Waals surface area contributed by atoms with Crippen molar-refractivity contribution in [3.63, 3.8) is 0 Å². The molecular weight excluding hydrogens is 251 g/mol. The maximum absolute atomic E-state index is 13.1. The summed E-state index contributed by atoms with van der Waals surface area (Å²) < 4.78 is 13.1. The Labute approximate surface area is 113 Å². The van der Waals surface area contributed by atoms with Crippen molar-refractivity contribution in [3.05, 3.63) is 29.0 Å². The fourth-order valence-corrected chi connectivity index (χ4v) is 2.72. The number of benzene rings is 1. The molecule has 4 heteroatoms. The molecule has 1 aromatic carbocycles. The van der Waals surface area contributed by atoms with Gasteiger partial charge in [0.1, 0.15) is 5.82 Å². The molecule has 3 atom stereocenters. The van der Waals surface area contributed by atoms with Gasteiger partial charge in [-0.25, -0.2) is 4.39 Å². The molecule has 0 amide bonds. The van der Waals surface area contributed by atoms with Crippen molar-refractivity contribution in [2.24, 2.45) is 5.92 Å². The zero-order valence-electron chi connectivity index (χ0n) is 11.1. The highest BCUT2D eigenvalue weighted by molar-refractivity contribution is 6.31. The maximum Gasteiger partial charge on any atom is 0.141 e. The van der Waals surface area contributed by atoms with Gasteiger partial charge in [0.25, 0.3) is 0 Å². The van der Waals surface area contributed by atoms with Crippen molar-refractivity contribution in [2.45, 2.75) is 32.4 Å². The Morgan fingerprint density at radius 2 is 2.11 bits per heavy atom. The highest BCUT2D eigenvalue weighted by Crippen LogP contribution is 2.26. The van der Waals surface area contributed by atoms with Crippen molar-refractivity contribution < 1.29 is 4.39 Å². The maximum atomic E-state index is 13.1. The summed E-state index contributed by atoms with van der Waals surface area (Å²) in [5.41, 5.74) is 0.898. The van der Waals surface area contributed by atoms with Gasteiger partial charge in [-0.2, -0.15) is 0 Å². The zero-order valence-corrected chi connectivity index (χ0v) is 11.8. The Bertz CT molecular complexity index is 424. The van der Waals surface area contributed by atoms with Crippen LogP contribution >= 0.6 is 11.6 Å². The van der Waals surface area contributed by atoms with Crippen LogP contribution in [0.5, 0.6) is 0 Å². The first-order valence-electron chi connectivity index (χ1n) is 6.39. The average Bonchev–Trinajstić information content (AvgIpc) is 2.31. The van der Waals surface area contributed by atoms with E-state index in [0.29, 0.717) is 18.0 Å². The molecule has 1 aliphatic heterocycles.